The maximum absolute atomic E-state index is 11.6. The number of anilines is 1. The fourth-order valence-electron chi connectivity index (χ4n) is 2.77. The third-order valence-electron chi connectivity index (χ3n) is 4.15. The second-order valence-electron chi connectivity index (χ2n) is 6.09. The van der Waals surface area contributed by atoms with Crippen LogP contribution >= 0.6 is 0 Å². The molecule has 0 aliphatic carbocycles. The van der Waals surface area contributed by atoms with Crippen molar-refractivity contribution >= 4 is 27.2 Å². The van der Waals surface area contributed by atoms with Crippen LogP contribution in [0.2, 0.25) is 0 Å². The van der Waals surface area contributed by atoms with E-state index in [1.165, 1.54) is 12.1 Å². The van der Waals surface area contributed by atoms with Crippen molar-refractivity contribution in [2.75, 3.05) is 11.3 Å². The molecule has 0 radical (unpaired) electrons. The molecule has 0 saturated heterocycles. The molecule has 0 aromatic heterocycles. The highest BCUT2D eigenvalue weighted by Gasteiger charge is 2.32. The van der Waals surface area contributed by atoms with Crippen molar-refractivity contribution < 1.29 is 18.3 Å². The molecular weight excluding hydrogens is 340 g/mol. The van der Waals surface area contributed by atoms with Gasteiger partial charge in [-0.1, -0.05) is 29.8 Å². The van der Waals surface area contributed by atoms with Crippen molar-refractivity contribution in [1.82, 2.24) is 0 Å². The molecule has 3 rings (SSSR count). The van der Waals surface area contributed by atoms with Gasteiger partial charge in [0, 0.05) is 12.7 Å². The van der Waals surface area contributed by atoms with Gasteiger partial charge in [0.15, 0.2) is 9.84 Å². The Labute approximate surface area is 146 Å². The molecule has 0 bridgehead atoms. The van der Waals surface area contributed by atoms with Crippen LogP contribution in [0.4, 0.5) is 5.69 Å². The standard InChI is InChI=1S/C18H18N2O4S/c1-12-3-5-13(6-4-12)17-11-16(18(21)22)19-20(17)14-7-9-15(10-8-14)25(2,23)24/h3-10,17H,11H2,1-2H3,(H,21,22). The van der Waals surface area contributed by atoms with Crippen molar-refractivity contribution in [3.63, 3.8) is 0 Å². The van der Waals surface area contributed by atoms with Crippen molar-refractivity contribution in [1.29, 1.82) is 0 Å². The first kappa shape index (κ1) is 17.2. The van der Waals surface area contributed by atoms with Crippen LogP contribution in [-0.4, -0.2) is 31.5 Å². The summed E-state index contributed by atoms with van der Waals surface area (Å²) in [7, 11) is -3.29. The Hall–Kier alpha value is -2.67. The summed E-state index contributed by atoms with van der Waals surface area (Å²) in [5.41, 5.74) is 2.80. The lowest BCUT2D eigenvalue weighted by Gasteiger charge is -2.24. The highest BCUT2D eigenvalue weighted by Crippen LogP contribution is 2.35. The molecule has 7 heteroatoms. The third-order valence-corrected chi connectivity index (χ3v) is 5.28. The van der Waals surface area contributed by atoms with E-state index in [4.69, 9.17) is 0 Å². The zero-order valence-corrected chi connectivity index (χ0v) is 14.7. The van der Waals surface area contributed by atoms with Gasteiger partial charge in [0.25, 0.3) is 0 Å². The highest BCUT2D eigenvalue weighted by atomic mass is 32.2. The predicted molar refractivity (Wildman–Crippen MR) is 95.6 cm³/mol. The van der Waals surface area contributed by atoms with Crippen molar-refractivity contribution in [2.24, 2.45) is 5.10 Å². The van der Waals surface area contributed by atoms with Gasteiger partial charge in [-0.05, 0) is 36.8 Å². The first-order valence-electron chi connectivity index (χ1n) is 7.72. The Morgan fingerprint density at radius 2 is 1.72 bits per heavy atom. The molecule has 1 N–H and O–H groups in total. The number of aryl methyl sites for hydroxylation is 1. The summed E-state index contributed by atoms with van der Waals surface area (Å²) in [6.45, 7) is 1.99. The summed E-state index contributed by atoms with van der Waals surface area (Å²) >= 11 is 0. The largest absolute Gasteiger partial charge is 0.477 e. The van der Waals surface area contributed by atoms with Crippen LogP contribution in [0.1, 0.15) is 23.6 Å². The maximum Gasteiger partial charge on any atom is 0.352 e. The number of carboxylic acid groups (broad SMARTS) is 1. The second-order valence-corrected chi connectivity index (χ2v) is 8.11. The van der Waals surface area contributed by atoms with Gasteiger partial charge in [0.2, 0.25) is 0 Å². The number of aliphatic carboxylic acids is 1. The van der Waals surface area contributed by atoms with E-state index in [2.05, 4.69) is 5.10 Å². The SMILES string of the molecule is Cc1ccc(C2CC(C(=O)O)=NN2c2ccc(S(C)(=O)=O)cc2)cc1. The molecule has 1 heterocycles. The number of nitrogens with zero attached hydrogens (tertiary/aromatic N) is 2. The van der Waals surface area contributed by atoms with Crippen LogP contribution < -0.4 is 5.01 Å². The fraction of sp³-hybridized carbons (Fsp3) is 0.222. The minimum Gasteiger partial charge on any atom is -0.477 e. The molecule has 1 atom stereocenters. The molecule has 1 unspecified atom stereocenters. The van der Waals surface area contributed by atoms with E-state index in [-0.39, 0.29) is 23.1 Å². The van der Waals surface area contributed by atoms with Crippen LogP contribution in [0, 0.1) is 6.92 Å². The summed E-state index contributed by atoms with van der Waals surface area (Å²) in [5, 5.41) is 15.2. The smallest absolute Gasteiger partial charge is 0.352 e. The fourth-order valence-corrected chi connectivity index (χ4v) is 3.40. The van der Waals surface area contributed by atoms with Crippen LogP contribution in [0.5, 0.6) is 0 Å². The average molecular weight is 358 g/mol. The normalized spacial score (nSPS) is 17.4. The van der Waals surface area contributed by atoms with Gasteiger partial charge in [-0.3, -0.25) is 5.01 Å². The number of benzene rings is 2. The van der Waals surface area contributed by atoms with Gasteiger partial charge in [-0.15, -0.1) is 0 Å². The highest BCUT2D eigenvalue weighted by molar-refractivity contribution is 7.90. The quantitative estimate of drug-likeness (QED) is 0.908. The van der Waals surface area contributed by atoms with Crippen LogP contribution in [0.3, 0.4) is 0 Å². The Morgan fingerprint density at radius 3 is 2.24 bits per heavy atom. The van der Waals surface area contributed by atoms with E-state index in [9.17, 15) is 18.3 Å². The molecule has 0 saturated carbocycles. The molecule has 1 aliphatic rings. The van der Waals surface area contributed by atoms with Crippen molar-refractivity contribution in [3.05, 3.63) is 59.7 Å². The summed E-state index contributed by atoms with van der Waals surface area (Å²) in [6.07, 6.45) is 1.43. The summed E-state index contributed by atoms with van der Waals surface area (Å²) in [5.74, 6) is -1.05. The number of rotatable bonds is 4. The molecule has 0 amide bonds. The van der Waals surface area contributed by atoms with Crippen molar-refractivity contribution in [2.45, 2.75) is 24.3 Å². The van der Waals surface area contributed by atoms with Gasteiger partial charge >= 0.3 is 5.97 Å². The lowest BCUT2D eigenvalue weighted by Crippen LogP contribution is -2.18. The van der Waals surface area contributed by atoms with Gasteiger partial charge in [0.1, 0.15) is 5.71 Å². The lowest BCUT2D eigenvalue weighted by molar-refractivity contribution is -0.129. The van der Waals surface area contributed by atoms with E-state index in [1.54, 1.807) is 17.1 Å². The number of hydrazone groups is 1. The van der Waals surface area contributed by atoms with E-state index in [0.29, 0.717) is 5.69 Å². The Morgan fingerprint density at radius 1 is 1.12 bits per heavy atom. The summed E-state index contributed by atoms with van der Waals surface area (Å²) in [4.78, 5) is 11.6. The molecule has 6 nitrogen and oxygen atoms in total. The molecule has 1 aliphatic heterocycles. The molecular formula is C18H18N2O4S. The summed E-state index contributed by atoms with van der Waals surface area (Å²) < 4.78 is 23.2. The lowest BCUT2D eigenvalue weighted by atomic mass is 10.0. The molecule has 130 valence electrons. The van der Waals surface area contributed by atoms with E-state index in [0.717, 1.165) is 17.4 Å². The minimum absolute atomic E-state index is 0.0813. The van der Waals surface area contributed by atoms with Crippen LogP contribution in [0.15, 0.2) is 58.5 Å². The van der Waals surface area contributed by atoms with Gasteiger partial charge in [-0.2, -0.15) is 5.10 Å². The second kappa shape index (κ2) is 6.33. The Kier molecular flexibility index (Phi) is 4.34. The number of carbonyl (C=O) groups is 1. The number of hydrogen-bond acceptors (Lipinski definition) is 5. The monoisotopic (exact) mass is 358 g/mol. The topological polar surface area (TPSA) is 87.0 Å². The number of carboxylic acids is 1. The van der Waals surface area contributed by atoms with Crippen LogP contribution in [-0.2, 0) is 14.6 Å². The molecule has 0 fully saturated rings. The van der Waals surface area contributed by atoms with Gasteiger partial charge in [-0.25, -0.2) is 13.2 Å². The molecule has 0 spiro atoms. The van der Waals surface area contributed by atoms with Gasteiger partial charge in [0.05, 0.1) is 16.6 Å². The first-order valence-corrected chi connectivity index (χ1v) is 9.61. The Balaban J connectivity index is 1.99. The Bertz CT molecular complexity index is 932. The van der Waals surface area contributed by atoms with Crippen molar-refractivity contribution in [3.8, 4) is 0 Å². The molecule has 2 aromatic carbocycles. The predicted octanol–water partition coefficient (Wildman–Crippen LogP) is 2.79. The van der Waals surface area contributed by atoms with Crippen LogP contribution in [0.25, 0.3) is 0 Å². The number of sulfone groups is 1. The zero-order valence-electron chi connectivity index (χ0n) is 13.9. The van der Waals surface area contributed by atoms with Gasteiger partial charge < -0.3 is 5.11 Å². The summed E-state index contributed by atoms with van der Waals surface area (Å²) in [6, 6.07) is 13.9. The van der Waals surface area contributed by atoms with E-state index < -0.39 is 15.8 Å². The van der Waals surface area contributed by atoms with E-state index >= 15 is 0 Å². The number of hydrogen-bond donors (Lipinski definition) is 1. The minimum atomic E-state index is -3.29. The molecule has 25 heavy (non-hydrogen) atoms. The molecule has 2 aromatic rings. The first-order chi connectivity index (χ1) is 11.8. The zero-order chi connectivity index (χ0) is 18.2. The maximum atomic E-state index is 11.6. The van der Waals surface area contributed by atoms with E-state index in [1.807, 2.05) is 31.2 Å². The average Bonchev–Trinajstić information content (AvgIpc) is 3.00. The third kappa shape index (κ3) is 3.56.